The van der Waals surface area contributed by atoms with E-state index in [2.05, 4.69) is 5.32 Å². The summed E-state index contributed by atoms with van der Waals surface area (Å²) in [6.07, 6.45) is -0.634. The third kappa shape index (κ3) is 5.11. The predicted octanol–water partition coefficient (Wildman–Crippen LogP) is 3.63. The van der Waals surface area contributed by atoms with Crippen LogP contribution in [0.5, 0.6) is 5.75 Å². The number of ether oxygens (including phenoxy) is 1. The van der Waals surface area contributed by atoms with Gasteiger partial charge in [-0.2, -0.15) is 0 Å². The molecule has 0 aliphatic rings. The highest BCUT2D eigenvalue weighted by molar-refractivity contribution is 6.30. The molecule has 0 spiro atoms. The maximum absolute atomic E-state index is 12.0. The van der Waals surface area contributed by atoms with Crippen LogP contribution >= 0.6 is 11.6 Å². The Morgan fingerprint density at radius 1 is 1.09 bits per heavy atom. The summed E-state index contributed by atoms with van der Waals surface area (Å²) in [4.78, 5) is 23.3. The Labute approximate surface area is 140 Å². The van der Waals surface area contributed by atoms with Gasteiger partial charge in [0.1, 0.15) is 5.75 Å². The van der Waals surface area contributed by atoms with Crippen LogP contribution in [0.4, 0.5) is 0 Å². The van der Waals surface area contributed by atoms with Gasteiger partial charge >= 0.3 is 0 Å². The van der Waals surface area contributed by atoms with Crippen LogP contribution in [-0.2, 0) is 11.3 Å². The standard InChI is InChI=1S/C18H18ClNO3/c1-12(21)15-5-9-17(10-6-15)23-13(2)18(22)20-11-14-3-7-16(19)8-4-14/h3-10,13H,11H2,1-2H3,(H,20,22). The molecule has 0 saturated heterocycles. The molecule has 5 heteroatoms. The fourth-order valence-corrected chi connectivity index (χ4v) is 2.09. The maximum Gasteiger partial charge on any atom is 0.261 e. The number of amides is 1. The summed E-state index contributed by atoms with van der Waals surface area (Å²) in [6, 6.07) is 14.0. The van der Waals surface area contributed by atoms with Crippen LogP contribution in [-0.4, -0.2) is 17.8 Å². The molecule has 23 heavy (non-hydrogen) atoms. The number of ketones is 1. The van der Waals surface area contributed by atoms with Crippen molar-refractivity contribution in [2.24, 2.45) is 0 Å². The second-order valence-corrected chi connectivity index (χ2v) is 5.62. The Bertz CT molecular complexity index is 680. The van der Waals surface area contributed by atoms with Crippen molar-refractivity contribution in [3.05, 3.63) is 64.7 Å². The van der Waals surface area contributed by atoms with Crippen molar-refractivity contribution < 1.29 is 14.3 Å². The van der Waals surface area contributed by atoms with E-state index in [1.54, 1.807) is 43.3 Å². The zero-order valence-electron chi connectivity index (χ0n) is 13.0. The third-order valence-electron chi connectivity index (χ3n) is 3.32. The molecule has 1 atom stereocenters. The maximum atomic E-state index is 12.0. The van der Waals surface area contributed by atoms with Crippen molar-refractivity contribution in [3.63, 3.8) is 0 Å². The number of hydrogen-bond acceptors (Lipinski definition) is 3. The number of hydrogen-bond donors (Lipinski definition) is 1. The first-order valence-electron chi connectivity index (χ1n) is 7.25. The molecule has 2 rings (SSSR count). The minimum atomic E-state index is -0.634. The van der Waals surface area contributed by atoms with Crippen molar-refractivity contribution in [2.45, 2.75) is 26.5 Å². The lowest BCUT2D eigenvalue weighted by molar-refractivity contribution is -0.127. The van der Waals surface area contributed by atoms with Gasteiger partial charge in [-0.15, -0.1) is 0 Å². The molecule has 0 aromatic heterocycles. The smallest absolute Gasteiger partial charge is 0.261 e. The number of Topliss-reactive ketones (excluding diaryl/α,β-unsaturated/α-hetero) is 1. The Morgan fingerprint density at radius 3 is 2.26 bits per heavy atom. The molecule has 0 bridgehead atoms. The van der Waals surface area contributed by atoms with Crippen molar-refractivity contribution in [3.8, 4) is 5.75 Å². The third-order valence-corrected chi connectivity index (χ3v) is 3.57. The molecule has 0 radical (unpaired) electrons. The summed E-state index contributed by atoms with van der Waals surface area (Å²) in [5.74, 6) is 0.324. The van der Waals surface area contributed by atoms with Gasteiger partial charge in [-0.05, 0) is 55.8 Å². The molecule has 2 aromatic carbocycles. The van der Waals surface area contributed by atoms with E-state index in [0.717, 1.165) is 5.56 Å². The van der Waals surface area contributed by atoms with E-state index in [1.165, 1.54) is 6.92 Å². The first kappa shape index (κ1) is 17.0. The van der Waals surface area contributed by atoms with Gasteiger partial charge in [0.05, 0.1) is 0 Å². The summed E-state index contributed by atoms with van der Waals surface area (Å²) >= 11 is 5.82. The lowest BCUT2D eigenvalue weighted by Crippen LogP contribution is -2.35. The number of carbonyl (C=O) groups is 2. The largest absolute Gasteiger partial charge is 0.481 e. The van der Waals surface area contributed by atoms with Crippen LogP contribution in [0.25, 0.3) is 0 Å². The number of rotatable bonds is 6. The quantitative estimate of drug-likeness (QED) is 0.822. The molecule has 0 aliphatic heterocycles. The SMILES string of the molecule is CC(=O)c1ccc(OC(C)C(=O)NCc2ccc(Cl)cc2)cc1. The lowest BCUT2D eigenvalue weighted by Gasteiger charge is -2.15. The number of benzene rings is 2. The van der Waals surface area contributed by atoms with Crippen LogP contribution in [0.2, 0.25) is 5.02 Å². The first-order valence-corrected chi connectivity index (χ1v) is 7.63. The summed E-state index contributed by atoms with van der Waals surface area (Å²) < 4.78 is 5.57. The van der Waals surface area contributed by atoms with Crippen LogP contribution < -0.4 is 10.1 Å². The second kappa shape index (κ2) is 7.79. The van der Waals surface area contributed by atoms with Gasteiger partial charge in [0.15, 0.2) is 11.9 Å². The van der Waals surface area contributed by atoms with E-state index in [1.807, 2.05) is 12.1 Å². The molecular formula is C18H18ClNO3. The second-order valence-electron chi connectivity index (χ2n) is 5.18. The van der Waals surface area contributed by atoms with Crippen molar-refractivity contribution >= 4 is 23.3 Å². The van der Waals surface area contributed by atoms with E-state index >= 15 is 0 Å². The molecule has 4 nitrogen and oxygen atoms in total. The van der Waals surface area contributed by atoms with Gasteiger partial charge in [-0.3, -0.25) is 9.59 Å². The molecule has 1 unspecified atom stereocenters. The fourth-order valence-electron chi connectivity index (χ4n) is 1.96. The minimum absolute atomic E-state index is 0.00898. The van der Waals surface area contributed by atoms with Crippen molar-refractivity contribution in [2.75, 3.05) is 0 Å². The zero-order chi connectivity index (χ0) is 16.8. The molecule has 1 N–H and O–H groups in total. The van der Waals surface area contributed by atoms with E-state index in [0.29, 0.717) is 22.9 Å². The van der Waals surface area contributed by atoms with Gasteiger partial charge in [0, 0.05) is 17.1 Å². The van der Waals surface area contributed by atoms with E-state index in [-0.39, 0.29) is 11.7 Å². The van der Waals surface area contributed by atoms with Crippen LogP contribution in [0.3, 0.4) is 0 Å². The monoisotopic (exact) mass is 331 g/mol. The summed E-state index contributed by atoms with van der Waals surface area (Å²) in [7, 11) is 0. The van der Waals surface area contributed by atoms with E-state index < -0.39 is 6.10 Å². The Morgan fingerprint density at radius 2 is 1.70 bits per heavy atom. The Hall–Kier alpha value is -2.33. The van der Waals surface area contributed by atoms with Gasteiger partial charge in [0.25, 0.3) is 5.91 Å². The van der Waals surface area contributed by atoms with Gasteiger partial charge in [0.2, 0.25) is 0 Å². The highest BCUT2D eigenvalue weighted by Gasteiger charge is 2.14. The zero-order valence-corrected chi connectivity index (χ0v) is 13.8. The van der Waals surface area contributed by atoms with Gasteiger partial charge < -0.3 is 10.1 Å². The molecule has 2 aromatic rings. The molecule has 120 valence electrons. The molecule has 0 saturated carbocycles. The minimum Gasteiger partial charge on any atom is -0.481 e. The highest BCUT2D eigenvalue weighted by atomic mass is 35.5. The number of halogens is 1. The summed E-state index contributed by atoms with van der Waals surface area (Å²) in [5, 5.41) is 3.47. The van der Waals surface area contributed by atoms with Gasteiger partial charge in [-0.25, -0.2) is 0 Å². The van der Waals surface area contributed by atoms with Crippen LogP contribution in [0, 0.1) is 0 Å². The Kier molecular flexibility index (Phi) is 5.77. The molecule has 0 heterocycles. The van der Waals surface area contributed by atoms with Crippen molar-refractivity contribution in [1.82, 2.24) is 5.32 Å². The van der Waals surface area contributed by atoms with Crippen molar-refractivity contribution in [1.29, 1.82) is 0 Å². The van der Waals surface area contributed by atoms with E-state index in [4.69, 9.17) is 16.3 Å². The molecular weight excluding hydrogens is 314 g/mol. The highest BCUT2D eigenvalue weighted by Crippen LogP contribution is 2.14. The van der Waals surface area contributed by atoms with Gasteiger partial charge in [-0.1, -0.05) is 23.7 Å². The van der Waals surface area contributed by atoms with E-state index in [9.17, 15) is 9.59 Å². The topological polar surface area (TPSA) is 55.4 Å². The molecule has 0 fully saturated rings. The average Bonchev–Trinajstić information content (AvgIpc) is 2.54. The summed E-state index contributed by atoms with van der Waals surface area (Å²) in [6.45, 7) is 3.59. The molecule has 0 aliphatic carbocycles. The normalized spacial score (nSPS) is 11.6. The lowest BCUT2D eigenvalue weighted by atomic mass is 10.1. The van der Waals surface area contributed by atoms with Crippen LogP contribution in [0.15, 0.2) is 48.5 Å². The fraction of sp³-hybridized carbons (Fsp3) is 0.222. The number of carbonyl (C=O) groups excluding carboxylic acids is 2. The first-order chi connectivity index (χ1) is 11.0. The number of nitrogens with one attached hydrogen (secondary N) is 1. The summed E-state index contributed by atoms with van der Waals surface area (Å²) in [5.41, 5.74) is 1.57. The molecule has 1 amide bonds. The predicted molar refractivity (Wildman–Crippen MR) is 89.8 cm³/mol. The average molecular weight is 332 g/mol. The Balaban J connectivity index is 1.86. The van der Waals surface area contributed by atoms with Crippen LogP contribution in [0.1, 0.15) is 29.8 Å².